The van der Waals surface area contributed by atoms with Crippen LogP contribution in [0.5, 0.6) is 5.75 Å². The second-order valence-electron chi connectivity index (χ2n) is 8.42. The molecule has 1 aliphatic heterocycles. The van der Waals surface area contributed by atoms with Crippen LogP contribution in [0.1, 0.15) is 40.2 Å². The number of nitriles is 1. The molecule has 0 unspecified atom stereocenters. The second-order valence-corrected chi connectivity index (χ2v) is 8.42. The average Bonchev–Trinajstić information content (AvgIpc) is 3.31. The Morgan fingerprint density at radius 3 is 2.52 bits per heavy atom. The highest BCUT2D eigenvalue weighted by molar-refractivity contribution is 6.01. The van der Waals surface area contributed by atoms with Gasteiger partial charge in [0, 0.05) is 41.3 Å². The van der Waals surface area contributed by atoms with Crippen molar-refractivity contribution in [3.63, 3.8) is 0 Å². The molecule has 0 atom stereocenters. The number of benzene rings is 3. The number of nitrogens with zero attached hydrogens (tertiary/aromatic N) is 2. The lowest BCUT2D eigenvalue weighted by atomic mass is 9.88. The number of carbonyl (C=O) groups is 1. The van der Waals surface area contributed by atoms with Crippen molar-refractivity contribution in [2.75, 3.05) is 20.2 Å². The third-order valence-electron chi connectivity index (χ3n) is 6.64. The number of ether oxygens (including phenoxy) is 1. The van der Waals surface area contributed by atoms with Crippen LogP contribution >= 0.6 is 0 Å². The summed E-state index contributed by atoms with van der Waals surface area (Å²) >= 11 is 0. The van der Waals surface area contributed by atoms with E-state index in [9.17, 15) is 10.1 Å². The van der Waals surface area contributed by atoms with Gasteiger partial charge in [-0.2, -0.15) is 5.26 Å². The minimum absolute atomic E-state index is 0.0254. The fraction of sp³-hybridized carbons (Fsp3) is 0.214. The van der Waals surface area contributed by atoms with Gasteiger partial charge in [0.25, 0.3) is 5.91 Å². The first kappa shape index (κ1) is 20.8. The number of aromatic amines is 1. The molecule has 0 spiro atoms. The Morgan fingerprint density at radius 1 is 1.03 bits per heavy atom. The number of methoxy groups -OCH3 is 1. The smallest absolute Gasteiger partial charge is 0.254 e. The predicted molar refractivity (Wildman–Crippen MR) is 129 cm³/mol. The van der Waals surface area contributed by atoms with E-state index in [0.717, 1.165) is 35.2 Å². The number of nitrogens with one attached hydrogen (secondary N) is 1. The molecule has 2 heterocycles. The molecule has 5 nitrogen and oxygen atoms in total. The first-order valence-corrected chi connectivity index (χ1v) is 11.2. The maximum absolute atomic E-state index is 13.5. The van der Waals surface area contributed by atoms with Gasteiger partial charge in [-0.05, 0) is 60.2 Å². The van der Waals surface area contributed by atoms with E-state index in [-0.39, 0.29) is 5.91 Å². The number of likely N-dealkylation sites (tertiary alicyclic amines) is 1. The molecule has 1 aromatic heterocycles. The fourth-order valence-electron chi connectivity index (χ4n) is 4.87. The Balaban J connectivity index is 1.37. The third-order valence-corrected chi connectivity index (χ3v) is 6.64. The van der Waals surface area contributed by atoms with E-state index >= 15 is 0 Å². The first-order valence-electron chi connectivity index (χ1n) is 11.2. The van der Waals surface area contributed by atoms with Crippen molar-refractivity contribution in [3.8, 4) is 22.9 Å². The number of H-pyrrole nitrogens is 1. The van der Waals surface area contributed by atoms with Crippen molar-refractivity contribution in [2.24, 2.45) is 0 Å². The lowest BCUT2D eigenvalue weighted by molar-refractivity contribution is 0.0714. The minimum Gasteiger partial charge on any atom is -0.497 e. The van der Waals surface area contributed by atoms with E-state index in [1.54, 1.807) is 13.2 Å². The molecule has 1 amide bonds. The lowest BCUT2D eigenvalue weighted by Gasteiger charge is -2.32. The van der Waals surface area contributed by atoms with Gasteiger partial charge in [-0.25, -0.2) is 0 Å². The van der Waals surface area contributed by atoms with Crippen LogP contribution in [-0.4, -0.2) is 36.0 Å². The van der Waals surface area contributed by atoms with Crippen molar-refractivity contribution in [1.82, 2.24) is 9.88 Å². The summed E-state index contributed by atoms with van der Waals surface area (Å²) in [7, 11) is 1.68. The highest BCUT2D eigenvalue weighted by Gasteiger charge is 2.27. The quantitative estimate of drug-likeness (QED) is 0.445. The van der Waals surface area contributed by atoms with Gasteiger partial charge >= 0.3 is 0 Å². The normalized spacial score (nSPS) is 14.2. The van der Waals surface area contributed by atoms with Crippen LogP contribution in [0.3, 0.4) is 0 Å². The number of rotatable bonds is 4. The van der Waals surface area contributed by atoms with E-state index < -0.39 is 0 Å². The highest BCUT2D eigenvalue weighted by atomic mass is 16.5. The largest absolute Gasteiger partial charge is 0.497 e. The Morgan fingerprint density at radius 2 is 1.76 bits per heavy atom. The summed E-state index contributed by atoms with van der Waals surface area (Å²) in [5.74, 6) is 1.27. The van der Waals surface area contributed by atoms with Crippen molar-refractivity contribution >= 4 is 16.8 Å². The Labute approximate surface area is 193 Å². The van der Waals surface area contributed by atoms with Crippen LogP contribution in [0.15, 0.2) is 72.9 Å². The number of aromatic nitrogens is 1. The van der Waals surface area contributed by atoms with Crippen LogP contribution in [-0.2, 0) is 0 Å². The van der Waals surface area contributed by atoms with Crippen LogP contribution in [0.2, 0.25) is 0 Å². The molecule has 0 aliphatic carbocycles. The molecule has 33 heavy (non-hydrogen) atoms. The van der Waals surface area contributed by atoms with Crippen molar-refractivity contribution in [3.05, 3.63) is 89.6 Å². The first-order chi connectivity index (χ1) is 16.2. The Kier molecular flexibility index (Phi) is 5.58. The van der Waals surface area contributed by atoms with Crippen molar-refractivity contribution < 1.29 is 9.53 Å². The Hall–Kier alpha value is -4.04. The SMILES string of the molecule is COc1ccc2[nH]cc(C3CCN(C(=O)c4ccccc4-c4ccccc4C#N)CC3)c2c1. The zero-order valence-electron chi connectivity index (χ0n) is 18.5. The summed E-state index contributed by atoms with van der Waals surface area (Å²) in [5.41, 5.74) is 5.23. The molecule has 164 valence electrons. The molecule has 4 aromatic rings. The van der Waals surface area contributed by atoms with Gasteiger partial charge in [0.2, 0.25) is 0 Å². The van der Waals surface area contributed by atoms with Crippen LogP contribution in [0.4, 0.5) is 0 Å². The molecule has 0 saturated carbocycles. The number of hydrogen-bond donors (Lipinski definition) is 1. The van der Waals surface area contributed by atoms with Gasteiger partial charge in [0.05, 0.1) is 18.7 Å². The highest BCUT2D eigenvalue weighted by Crippen LogP contribution is 2.36. The number of piperidine rings is 1. The maximum Gasteiger partial charge on any atom is 0.254 e. The van der Waals surface area contributed by atoms with Crippen molar-refractivity contribution in [1.29, 1.82) is 5.26 Å². The van der Waals surface area contributed by atoms with Gasteiger partial charge in [-0.3, -0.25) is 4.79 Å². The van der Waals surface area contributed by atoms with Gasteiger partial charge in [-0.15, -0.1) is 0 Å². The molecular formula is C28H25N3O2. The average molecular weight is 436 g/mol. The fourth-order valence-corrected chi connectivity index (χ4v) is 4.87. The van der Waals surface area contributed by atoms with Crippen molar-refractivity contribution in [2.45, 2.75) is 18.8 Å². The summed E-state index contributed by atoms with van der Waals surface area (Å²) in [5, 5.41) is 10.7. The molecule has 3 aromatic carbocycles. The molecule has 5 rings (SSSR count). The summed E-state index contributed by atoms with van der Waals surface area (Å²) in [6.45, 7) is 1.41. The van der Waals surface area contributed by atoms with Crippen LogP contribution in [0, 0.1) is 11.3 Å². The third kappa shape index (κ3) is 3.85. The van der Waals surface area contributed by atoms with E-state index in [4.69, 9.17) is 4.74 Å². The lowest BCUT2D eigenvalue weighted by Crippen LogP contribution is -2.38. The molecule has 1 aliphatic rings. The number of fused-ring (bicyclic) bond motifs is 1. The standard InChI is InChI=1S/C28H25N3O2/c1-33-21-10-11-27-25(16-21)26(18-30-27)19-12-14-31(15-13-19)28(32)24-9-5-4-8-23(24)22-7-3-2-6-20(22)17-29/h2-11,16,18-19,30H,12-15H2,1H3. The zero-order chi connectivity index (χ0) is 22.8. The van der Waals surface area contributed by atoms with Crippen LogP contribution < -0.4 is 4.74 Å². The second kappa shape index (κ2) is 8.84. The molecular weight excluding hydrogens is 410 g/mol. The van der Waals surface area contributed by atoms with Gasteiger partial charge < -0.3 is 14.6 Å². The summed E-state index contributed by atoms with van der Waals surface area (Å²) in [4.78, 5) is 18.8. The number of amides is 1. The number of hydrogen-bond acceptors (Lipinski definition) is 3. The monoisotopic (exact) mass is 435 g/mol. The number of carbonyl (C=O) groups excluding carboxylic acids is 1. The summed E-state index contributed by atoms with van der Waals surface area (Å²) in [6, 6.07) is 23.4. The summed E-state index contributed by atoms with van der Waals surface area (Å²) in [6.07, 6.45) is 3.92. The molecule has 0 bridgehead atoms. The van der Waals surface area contributed by atoms with E-state index in [2.05, 4.69) is 23.3 Å². The minimum atomic E-state index is 0.0254. The Bertz CT molecular complexity index is 1360. The molecule has 1 saturated heterocycles. The van der Waals surface area contributed by atoms with E-state index in [1.165, 1.54) is 10.9 Å². The van der Waals surface area contributed by atoms with Gasteiger partial charge in [0.15, 0.2) is 0 Å². The topological polar surface area (TPSA) is 69.1 Å². The maximum atomic E-state index is 13.5. The van der Waals surface area contributed by atoms with E-state index in [0.29, 0.717) is 30.1 Å². The van der Waals surface area contributed by atoms with Crippen LogP contribution in [0.25, 0.3) is 22.0 Å². The molecule has 5 heteroatoms. The van der Waals surface area contributed by atoms with E-state index in [1.807, 2.05) is 59.5 Å². The van der Waals surface area contributed by atoms with Gasteiger partial charge in [0.1, 0.15) is 5.75 Å². The molecule has 1 fully saturated rings. The summed E-state index contributed by atoms with van der Waals surface area (Å²) < 4.78 is 5.41. The zero-order valence-corrected chi connectivity index (χ0v) is 18.5. The molecule has 1 N–H and O–H groups in total. The predicted octanol–water partition coefficient (Wildman–Crippen LogP) is 5.73. The molecule has 0 radical (unpaired) electrons. The van der Waals surface area contributed by atoms with Gasteiger partial charge in [-0.1, -0.05) is 36.4 Å².